The van der Waals surface area contributed by atoms with Crippen molar-refractivity contribution in [1.82, 2.24) is 4.90 Å². The number of hydrogen-bond acceptors (Lipinski definition) is 3. The Morgan fingerprint density at radius 3 is 2.67 bits per heavy atom. The van der Waals surface area contributed by atoms with Crippen LogP contribution in [0.4, 0.5) is 0 Å². The number of carbonyl (C=O) groups is 1. The first kappa shape index (κ1) is 16.9. The van der Waals surface area contributed by atoms with Gasteiger partial charge in [-0.2, -0.15) is 0 Å². The minimum atomic E-state index is -0.592. The van der Waals surface area contributed by atoms with E-state index in [0.717, 1.165) is 12.8 Å². The third kappa shape index (κ3) is 3.60. The SMILES string of the molecule is COCC(N)C(=O)N(Cc1cccc2ccccc12)C1CCCC1. The standard InChI is InChI=1S/C20H26N2O2/c1-24-14-19(21)20(23)22(17-10-3-4-11-17)13-16-9-6-8-15-7-2-5-12-18(15)16/h2,5-9,12,17,19H,3-4,10-11,13-14,21H2,1H3. The zero-order chi connectivity index (χ0) is 16.9. The first-order valence-electron chi connectivity index (χ1n) is 8.72. The zero-order valence-electron chi connectivity index (χ0n) is 14.3. The Balaban J connectivity index is 1.89. The van der Waals surface area contributed by atoms with Gasteiger partial charge in [-0.05, 0) is 29.2 Å². The second-order valence-corrected chi connectivity index (χ2v) is 6.60. The summed E-state index contributed by atoms with van der Waals surface area (Å²) in [6, 6.07) is 14.3. The van der Waals surface area contributed by atoms with Crippen molar-refractivity contribution >= 4 is 16.7 Å². The van der Waals surface area contributed by atoms with Crippen LogP contribution in [0.3, 0.4) is 0 Å². The highest BCUT2D eigenvalue weighted by Crippen LogP contribution is 2.27. The molecule has 4 heteroatoms. The molecule has 4 nitrogen and oxygen atoms in total. The van der Waals surface area contributed by atoms with E-state index in [0.29, 0.717) is 12.6 Å². The van der Waals surface area contributed by atoms with Crippen LogP contribution >= 0.6 is 0 Å². The Hall–Kier alpha value is -1.91. The van der Waals surface area contributed by atoms with Gasteiger partial charge in [0.15, 0.2) is 0 Å². The monoisotopic (exact) mass is 326 g/mol. The number of carbonyl (C=O) groups excluding carboxylic acids is 1. The molecule has 2 N–H and O–H groups in total. The molecule has 1 atom stereocenters. The molecule has 0 aromatic heterocycles. The Morgan fingerprint density at radius 2 is 1.92 bits per heavy atom. The molecule has 24 heavy (non-hydrogen) atoms. The van der Waals surface area contributed by atoms with Gasteiger partial charge in [-0.25, -0.2) is 0 Å². The van der Waals surface area contributed by atoms with Gasteiger partial charge in [0, 0.05) is 19.7 Å². The van der Waals surface area contributed by atoms with Gasteiger partial charge in [-0.3, -0.25) is 4.79 Å². The Morgan fingerprint density at radius 1 is 1.21 bits per heavy atom. The molecular formula is C20H26N2O2. The Bertz CT molecular complexity index is 690. The van der Waals surface area contributed by atoms with Crippen molar-refractivity contribution in [1.29, 1.82) is 0 Å². The average Bonchev–Trinajstić information content (AvgIpc) is 3.13. The van der Waals surface area contributed by atoms with E-state index in [2.05, 4.69) is 30.3 Å². The van der Waals surface area contributed by atoms with Crippen molar-refractivity contribution < 1.29 is 9.53 Å². The lowest BCUT2D eigenvalue weighted by molar-refractivity contribution is -0.136. The number of methoxy groups -OCH3 is 1. The number of benzene rings is 2. The van der Waals surface area contributed by atoms with Crippen LogP contribution in [0.5, 0.6) is 0 Å². The van der Waals surface area contributed by atoms with Gasteiger partial charge < -0.3 is 15.4 Å². The van der Waals surface area contributed by atoms with E-state index in [9.17, 15) is 4.79 Å². The Labute approximate surface area is 143 Å². The first-order chi connectivity index (χ1) is 11.7. The summed E-state index contributed by atoms with van der Waals surface area (Å²) in [5.74, 6) is -0.00307. The summed E-state index contributed by atoms with van der Waals surface area (Å²) in [7, 11) is 1.58. The molecule has 1 amide bonds. The zero-order valence-corrected chi connectivity index (χ0v) is 14.3. The van der Waals surface area contributed by atoms with Crippen LogP contribution in [0.2, 0.25) is 0 Å². The number of nitrogens with zero attached hydrogens (tertiary/aromatic N) is 1. The predicted molar refractivity (Wildman–Crippen MR) is 96.6 cm³/mol. The maximum atomic E-state index is 12.9. The van der Waals surface area contributed by atoms with Crippen molar-refractivity contribution in [2.75, 3.05) is 13.7 Å². The number of amides is 1. The fourth-order valence-corrected chi connectivity index (χ4v) is 3.68. The fourth-order valence-electron chi connectivity index (χ4n) is 3.68. The molecule has 3 rings (SSSR count). The van der Waals surface area contributed by atoms with Crippen LogP contribution in [0.15, 0.2) is 42.5 Å². The minimum absolute atomic E-state index is 0.00307. The van der Waals surface area contributed by atoms with Crippen LogP contribution in [0, 0.1) is 0 Å². The first-order valence-corrected chi connectivity index (χ1v) is 8.72. The summed E-state index contributed by atoms with van der Waals surface area (Å²) in [5, 5.41) is 2.41. The fraction of sp³-hybridized carbons (Fsp3) is 0.450. The summed E-state index contributed by atoms with van der Waals surface area (Å²) in [5.41, 5.74) is 7.23. The smallest absolute Gasteiger partial charge is 0.242 e. The van der Waals surface area contributed by atoms with Gasteiger partial charge in [0.1, 0.15) is 6.04 Å². The summed E-state index contributed by atoms with van der Waals surface area (Å²) in [6.45, 7) is 0.875. The molecule has 0 heterocycles. The lowest BCUT2D eigenvalue weighted by Gasteiger charge is -2.31. The van der Waals surface area contributed by atoms with E-state index in [1.165, 1.54) is 29.2 Å². The van der Waals surface area contributed by atoms with Crippen molar-refractivity contribution in [3.05, 3.63) is 48.0 Å². The Kier molecular flexibility index (Phi) is 5.48. The molecule has 2 aromatic carbocycles. The van der Waals surface area contributed by atoms with Crippen molar-refractivity contribution in [2.45, 2.75) is 44.3 Å². The van der Waals surface area contributed by atoms with Gasteiger partial charge in [0.25, 0.3) is 0 Å². The molecule has 0 bridgehead atoms. The maximum Gasteiger partial charge on any atom is 0.242 e. The lowest BCUT2D eigenvalue weighted by atomic mass is 10.0. The largest absolute Gasteiger partial charge is 0.383 e. The number of ether oxygens (including phenoxy) is 1. The summed E-state index contributed by atoms with van der Waals surface area (Å²) < 4.78 is 5.09. The van der Waals surface area contributed by atoms with Gasteiger partial charge in [0.2, 0.25) is 5.91 Å². The van der Waals surface area contributed by atoms with Crippen molar-refractivity contribution in [3.8, 4) is 0 Å². The van der Waals surface area contributed by atoms with Crippen LogP contribution in [-0.4, -0.2) is 36.6 Å². The second-order valence-electron chi connectivity index (χ2n) is 6.60. The highest BCUT2D eigenvalue weighted by molar-refractivity contribution is 5.87. The molecule has 128 valence electrons. The highest BCUT2D eigenvalue weighted by Gasteiger charge is 2.30. The average molecular weight is 326 g/mol. The molecule has 2 aromatic rings. The van der Waals surface area contributed by atoms with Crippen LogP contribution < -0.4 is 5.73 Å². The number of fused-ring (bicyclic) bond motifs is 1. The molecule has 1 aliphatic rings. The van der Waals surface area contributed by atoms with Gasteiger partial charge in [0.05, 0.1) is 6.61 Å². The van der Waals surface area contributed by atoms with E-state index >= 15 is 0 Å². The van der Waals surface area contributed by atoms with E-state index in [-0.39, 0.29) is 12.5 Å². The molecule has 0 radical (unpaired) electrons. The minimum Gasteiger partial charge on any atom is -0.383 e. The summed E-state index contributed by atoms with van der Waals surface area (Å²) >= 11 is 0. The highest BCUT2D eigenvalue weighted by atomic mass is 16.5. The van der Waals surface area contributed by atoms with E-state index in [1.54, 1.807) is 7.11 Å². The molecule has 1 unspecified atom stereocenters. The van der Waals surface area contributed by atoms with Gasteiger partial charge in [-0.1, -0.05) is 55.3 Å². The molecule has 0 saturated heterocycles. The molecule has 1 fully saturated rings. The number of nitrogens with two attached hydrogens (primary N) is 1. The van der Waals surface area contributed by atoms with Gasteiger partial charge in [-0.15, -0.1) is 0 Å². The van der Waals surface area contributed by atoms with E-state index in [1.807, 2.05) is 17.0 Å². The maximum absolute atomic E-state index is 12.9. The lowest BCUT2D eigenvalue weighted by Crippen LogP contribution is -2.49. The van der Waals surface area contributed by atoms with E-state index < -0.39 is 6.04 Å². The van der Waals surface area contributed by atoms with Gasteiger partial charge >= 0.3 is 0 Å². The molecule has 1 saturated carbocycles. The van der Waals surface area contributed by atoms with Crippen LogP contribution in [0.1, 0.15) is 31.2 Å². The molecular weight excluding hydrogens is 300 g/mol. The quantitative estimate of drug-likeness (QED) is 0.887. The normalized spacial score (nSPS) is 16.4. The van der Waals surface area contributed by atoms with Crippen molar-refractivity contribution in [3.63, 3.8) is 0 Å². The third-order valence-corrected chi connectivity index (χ3v) is 4.93. The topological polar surface area (TPSA) is 55.6 Å². The van der Waals surface area contributed by atoms with E-state index in [4.69, 9.17) is 10.5 Å². The number of rotatable bonds is 6. The summed E-state index contributed by atoms with van der Waals surface area (Å²) in [6.07, 6.45) is 4.50. The molecule has 0 spiro atoms. The molecule has 0 aliphatic heterocycles. The summed E-state index contributed by atoms with van der Waals surface area (Å²) in [4.78, 5) is 14.9. The van der Waals surface area contributed by atoms with Crippen LogP contribution in [0.25, 0.3) is 10.8 Å². The predicted octanol–water partition coefficient (Wildman–Crippen LogP) is 3.08. The third-order valence-electron chi connectivity index (χ3n) is 4.93. The van der Waals surface area contributed by atoms with Crippen LogP contribution in [-0.2, 0) is 16.1 Å². The van der Waals surface area contributed by atoms with Crippen molar-refractivity contribution in [2.24, 2.45) is 5.73 Å². The number of hydrogen-bond donors (Lipinski definition) is 1. The molecule has 1 aliphatic carbocycles. The second kappa shape index (κ2) is 7.77.